The number of fused-ring (bicyclic) bond motifs is 1. The van der Waals surface area contributed by atoms with E-state index in [2.05, 4.69) is 4.99 Å². The first-order chi connectivity index (χ1) is 6.29. The van der Waals surface area contributed by atoms with Crippen molar-refractivity contribution in [3.8, 4) is 0 Å². The standard InChI is InChI=1S/C8H6N2O2S/c11-8(12)10-3-2-9-5-7-6(10)1-4-13-7/h1-5H,(H,11,12). The van der Waals surface area contributed by atoms with E-state index in [0.717, 1.165) is 9.78 Å². The quantitative estimate of drug-likeness (QED) is 0.687. The molecule has 66 valence electrons. The lowest BCUT2D eigenvalue weighted by Crippen LogP contribution is -2.22. The molecule has 0 saturated heterocycles. The summed E-state index contributed by atoms with van der Waals surface area (Å²) in [4.78, 5) is 16.7. The van der Waals surface area contributed by atoms with Crippen LogP contribution >= 0.6 is 11.3 Å². The number of carboxylic acid groups (broad SMARTS) is 1. The molecule has 2 heterocycles. The lowest BCUT2D eigenvalue weighted by Gasteiger charge is -2.11. The molecule has 4 nitrogen and oxygen atoms in total. The molecule has 1 aliphatic rings. The summed E-state index contributed by atoms with van der Waals surface area (Å²) in [6.07, 6.45) is 3.54. The van der Waals surface area contributed by atoms with Crippen LogP contribution in [-0.2, 0) is 0 Å². The number of hydrogen-bond acceptors (Lipinski definition) is 3. The number of amides is 1. The second-order valence-corrected chi connectivity index (χ2v) is 3.35. The maximum Gasteiger partial charge on any atom is 0.416 e. The van der Waals surface area contributed by atoms with Crippen LogP contribution in [0.25, 0.3) is 0 Å². The van der Waals surface area contributed by atoms with Crippen molar-refractivity contribution in [1.82, 2.24) is 0 Å². The second kappa shape index (κ2) is 3.02. The normalized spacial score (nSPS) is 14.0. The average Bonchev–Trinajstić information content (AvgIpc) is 2.44. The molecule has 0 saturated carbocycles. The first-order valence-electron chi connectivity index (χ1n) is 3.58. The molecule has 5 heteroatoms. The number of carbonyl (C=O) groups is 1. The van der Waals surface area contributed by atoms with Gasteiger partial charge in [0.1, 0.15) is 0 Å². The number of thiophene rings is 1. The van der Waals surface area contributed by atoms with E-state index in [4.69, 9.17) is 5.11 Å². The lowest BCUT2D eigenvalue weighted by atomic mass is 10.4. The summed E-state index contributed by atoms with van der Waals surface area (Å²) in [7, 11) is 0. The molecule has 0 radical (unpaired) electrons. The summed E-state index contributed by atoms with van der Waals surface area (Å²) in [5.41, 5.74) is 0.662. The van der Waals surface area contributed by atoms with Crippen molar-refractivity contribution in [1.29, 1.82) is 0 Å². The minimum atomic E-state index is -0.999. The van der Waals surface area contributed by atoms with Crippen molar-refractivity contribution >= 4 is 29.3 Å². The van der Waals surface area contributed by atoms with E-state index in [1.54, 1.807) is 12.3 Å². The summed E-state index contributed by atoms with van der Waals surface area (Å²) >= 11 is 1.47. The Labute approximate surface area is 78.4 Å². The molecule has 0 bridgehead atoms. The van der Waals surface area contributed by atoms with Gasteiger partial charge in [-0.15, -0.1) is 11.3 Å². The van der Waals surface area contributed by atoms with Gasteiger partial charge < -0.3 is 5.11 Å². The fourth-order valence-electron chi connectivity index (χ4n) is 1.07. The average molecular weight is 194 g/mol. The first-order valence-corrected chi connectivity index (χ1v) is 4.46. The fraction of sp³-hybridized carbons (Fsp3) is 0. The monoisotopic (exact) mass is 194 g/mol. The molecular formula is C8H6N2O2S. The van der Waals surface area contributed by atoms with Crippen molar-refractivity contribution in [2.45, 2.75) is 0 Å². The molecule has 1 aromatic rings. The van der Waals surface area contributed by atoms with Gasteiger partial charge in [-0.3, -0.25) is 9.89 Å². The Kier molecular flexibility index (Phi) is 1.86. The summed E-state index contributed by atoms with van der Waals surface area (Å²) in [5.74, 6) is 0. The van der Waals surface area contributed by atoms with Gasteiger partial charge in [-0.05, 0) is 11.4 Å². The third-order valence-electron chi connectivity index (χ3n) is 1.63. The number of hydrogen-bond donors (Lipinski definition) is 1. The molecule has 1 N–H and O–H groups in total. The van der Waals surface area contributed by atoms with Gasteiger partial charge in [0.25, 0.3) is 0 Å². The molecular weight excluding hydrogens is 188 g/mol. The van der Waals surface area contributed by atoms with Crippen LogP contribution in [0.5, 0.6) is 0 Å². The summed E-state index contributed by atoms with van der Waals surface area (Å²) in [6, 6.07) is 1.76. The predicted octanol–water partition coefficient (Wildman–Crippen LogP) is 2.14. The van der Waals surface area contributed by atoms with Gasteiger partial charge in [0.2, 0.25) is 0 Å². The molecule has 13 heavy (non-hydrogen) atoms. The molecule has 0 aliphatic carbocycles. The number of aliphatic imine (C=N–C) groups is 1. The molecule has 0 fully saturated rings. The van der Waals surface area contributed by atoms with E-state index in [1.807, 2.05) is 5.38 Å². The predicted molar refractivity (Wildman–Crippen MR) is 51.6 cm³/mol. The topological polar surface area (TPSA) is 52.9 Å². The highest BCUT2D eigenvalue weighted by Gasteiger charge is 2.16. The van der Waals surface area contributed by atoms with E-state index in [-0.39, 0.29) is 0 Å². The smallest absolute Gasteiger partial charge is 0.416 e. The lowest BCUT2D eigenvalue weighted by molar-refractivity contribution is 0.204. The first kappa shape index (κ1) is 8.00. The molecule has 1 aromatic heterocycles. The van der Waals surface area contributed by atoms with Crippen LogP contribution in [0.3, 0.4) is 0 Å². The number of nitrogens with zero attached hydrogens (tertiary/aromatic N) is 2. The van der Waals surface area contributed by atoms with Crippen molar-refractivity contribution in [2.75, 3.05) is 4.90 Å². The maximum atomic E-state index is 10.8. The van der Waals surface area contributed by atoms with Crippen molar-refractivity contribution in [3.05, 3.63) is 28.7 Å². The van der Waals surface area contributed by atoms with Crippen LogP contribution in [-0.4, -0.2) is 17.4 Å². The number of anilines is 1. The largest absolute Gasteiger partial charge is 0.464 e. The Hall–Kier alpha value is -1.62. The van der Waals surface area contributed by atoms with E-state index in [9.17, 15) is 4.79 Å². The zero-order valence-electron chi connectivity index (χ0n) is 6.54. The van der Waals surface area contributed by atoms with Crippen molar-refractivity contribution in [2.24, 2.45) is 4.99 Å². The summed E-state index contributed by atoms with van der Waals surface area (Å²) in [5, 5.41) is 10.7. The molecule has 0 spiro atoms. The molecule has 0 unspecified atom stereocenters. The third-order valence-corrected chi connectivity index (χ3v) is 2.47. The van der Waals surface area contributed by atoms with Crippen LogP contribution in [0.1, 0.15) is 4.88 Å². The zero-order valence-corrected chi connectivity index (χ0v) is 7.36. The van der Waals surface area contributed by atoms with Gasteiger partial charge in [0.15, 0.2) is 0 Å². The van der Waals surface area contributed by atoms with E-state index in [0.29, 0.717) is 5.69 Å². The van der Waals surface area contributed by atoms with Crippen LogP contribution < -0.4 is 4.90 Å². The van der Waals surface area contributed by atoms with Crippen molar-refractivity contribution in [3.63, 3.8) is 0 Å². The van der Waals surface area contributed by atoms with Crippen LogP contribution in [0.15, 0.2) is 28.8 Å². The van der Waals surface area contributed by atoms with Gasteiger partial charge in [-0.1, -0.05) is 0 Å². The highest BCUT2D eigenvalue weighted by Crippen LogP contribution is 2.26. The van der Waals surface area contributed by atoms with Crippen molar-refractivity contribution < 1.29 is 9.90 Å². The van der Waals surface area contributed by atoms with Crippen LogP contribution in [0.2, 0.25) is 0 Å². The molecule has 0 atom stereocenters. The minimum absolute atomic E-state index is 0.662. The molecule has 1 amide bonds. The SMILES string of the molecule is O=C(O)N1C=CN=Cc2sccc21. The maximum absolute atomic E-state index is 10.8. The van der Waals surface area contributed by atoms with E-state index >= 15 is 0 Å². The summed E-state index contributed by atoms with van der Waals surface area (Å²) in [6.45, 7) is 0. The van der Waals surface area contributed by atoms with Crippen LogP contribution in [0.4, 0.5) is 10.5 Å². The van der Waals surface area contributed by atoms with E-state index in [1.165, 1.54) is 23.7 Å². The van der Waals surface area contributed by atoms with Gasteiger partial charge >= 0.3 is 6.09 Å². The third kappa shape index (κ3) is 1.33. The zero-order chi connectivity index (χ0) is 9.26. The Morgan fingerprint density at radius 1 is 1.62 bits per heavy atom. The Balaban J connectivity index is 2.50. The Morgan fingerprint density at radius 2 is 2.46 bits per heavy atom. The summed E-state index contributed by atoms with van der Waals surface area (Å²) < 4.78 is 0. The Morgan fingerprint density at radius 3 is 3.23 bits per heavy atom. The molecule has 0 aromatic carbocycles. The highest BCUT2D eigenvalue weighted by molar-refractivity contribution is 7.12. The number of rotatable bonds is 0. The molecule has 2 rings (SSSR count). The van der Waals surface area contributed by atoms with Gasteiger partial charge in [-0.2, -0.15) is 0 Å². The minimum Gasteiger partial charge on any atom is -0.464 e. The molecule has 1 aliphatic heterocycles. The van der Waals surface area contributed by atoms with E-state index < -0.39 is 6.09 Å². The second-order valence-electron chi connectivity index (χ2n) is 2.40. The van der Waals surface area contributed by atoms with Gasteiger partial charge in [0.05, 0.1) is 10.6 Å². The Bertz CT molecular complexity index is 395. The van der Waals surface area contributed by atoms with Gasteiger partial charge in [-0.25, -0.2) is 4.79 Å². The highest BCUT2D eigenvalue weighted by atomic mass is 32.1. The fourth-order valence-corrected chi connectivity index (χ4v) is 1.83. The van der Waals surface area contributed by atoms with Crippen LogP contribution in [0, 0.1) is 0 Å². The van der Waals surface area contributed by atoms with Gasteiger partial charge in [0, 0.05) is 18.6 Å².